The molecule has 0 atom stereocenters. The van der Waals surface area contributed by atoms with E-state index in [1.54, 1.807) is 0 Å². The lowest BCUT2D eigenvalue weighted by Gasteiger charge is -2.53. The summed E-state index contributed by atoms with van der Waals surface area (Å²) in [5.41, 5.74) is 0. The molecule has 4 bridgehead atoms. The Morgan fingerprint density at radius 2 is 1.65 bits per heavy atom. The van der Waals surface area contributed by atoms with Crippen LogP contribution in [-0.4, -0.2) is 17.8 Å². The molecule has 4 aliphatic rings. The van der Waals surface area contributed by atoms with Crippen molar-refractivity contribution in [3.8, 4) is 0 Å². The Kier molecular flexibility index (Phi) is 3.47. The molecule has 0 aromatic carbocycles. The van der Waals surface area contributed by atoms with Crippen molar-refractivity contribution in [2.45, 2.75) is 38.5 Å². The topological polar surface area (TPSA) is 29.1 Å². The molecule has 96 valence electrons. The Labute approximate surface area is 112 Å². The molecule has 0 radical (unpaired) electrons. The molecular formula is C14H22BrNO. The van der Waals surface area contributed by atoms with E-state index in [1.165, 1.54) is 32.1 Å². The van der Waals surface area contributed by atoms with Crippen LogP contribution in [0.25, 0.3) is 0 Å². The molecule has 0 heterocycles. The van der Waals surface area contributed by atoms with Crippen molar-refractivity contribution in [1.29, 1.82) is 0 Å². The smallest absolute Gasteiger partial charge is 0.223 e. The summed E-state index contributed by atoms with van der Waals surface area (Å²) >= 11 is 3.41. The van der Waals surface area contributed by atoms with Crippen LogP contribution in [0.2, 0.25) is 0 Å². The number of carbonyl (C=O) groups excluding carboxylic acids is 1. The van der Waals surface area contributed by atoms with Crippen LogP contribution in [0.15, 0.2) is 0 Å². The van der Waals surface area contributed by atoms with E-state index in [0.717, 1.165) is 42.0 Å². The van der Waals surface area contributed by atoms with E-state index in [0.29, 0.717) is 11.8 Å². The van der Waals surface area contributed by atoms with Crippen LogP contribution >= 0.6 is 15.9 Å². The Balaban J connectivity index is 1.61. The molecule has 1 amide bonds. The van der Waals surface area contributed by atoms with Crippen molar-refractivity contribution in [3.63, 3.8) is 0 Å². The van der Waals surface area contributed by atoms with Gasteiger partial charge in [-0.05, 0) is 62.2 Å². The number of alkyl halides is 1. The molecule has 0 unspecified atom stereocenters. The zero-order valence-electron chi connectivity index (χ0n) is 10.3. The van der Waals surface area contributed by atoms with Gasteiger partial charge in [-0.1, -0.05) is 15.9 Å². The lowest BCUT2D eigenvalue weighted by Crippen LogP contribution is -2.51. The van der Waals surface area contributed by atoms with Gasteiger partial charge in [0.15, 0.2) is 0 Å². The Morgan fingerprint density at radius 3 is 2.18 bits per heavy atom. The molecule has 4 rings (SSSR count). The third-order valence-corrected chi connectivity index (χ3v) is 5.70. The SMILES string of the molecule is O=C(NCCCBr)C1C2CC3CC(C2)CC1C3. The molecule has 1 N–H and O–H groups in total. The van der Waals surface area contributed by atoms with E-state index < -0.39 is 0 Å². The summed E-state index contributed by atoms with van der Waals surface area (Å²) in [7, 11) is 0. The van der Waals surface area contributed by atoms with Gasteiger partial charge >= 0.3 is 0 Å². The summed E-state index contributed by atoms with van der Waals surface area (Å²) in [6.45, 7) is 0.840. The van der Waals surface area contributed by atoms with Gasteiger partial charge in [0.1, 0.15) is 0 Å². The largest absolute Gasteiger partial charge is 0.356 e. The van der Waals surface area contributed by atoms with E-state index in [9.17, 15) is 4.79 Å². The lowest BCUT2D eigenvalue weighted by atomic mass is 9.51. The quantitative estimate of drug-likeness (QED) is 0.627. The van der Waals surface area contributed by atoms with E-state index in [1.807, 2.05) is 0 Å². The van der Waals surface area contributed by atoms with Gasteiger partial charge in [0.25, 0.3) is 0 Å². The maximum absolute atomic E-state index is 12.3. The van der Waals surface area contributed by atoms with Crippen molar-refractivity contribution >= 4 is 21.8 Å². The van der Waals surface area contributed by atoms with E-state index in [2.05, 4.69) is 21.2 Å². The van der Waals surface area contributed by atoms with Crippen LogP contribution in [0, 0.1) is 29.6 Å². The Bertz CT molecular complexity index is 277. The van der Waals surface area contributed by atoms with Crippen molar-refractivity contribution in [3.05, 3.63) is 0 Å². The standard InChI is InChI=1S/C14H22BrNO/c15-2-1-3-16-14(17)13-11-5-9-4-10(7-11)8-12(13)6-9/h9-13H,1-8H2,(H,16,17). The maximum atomic E-state index is 12.3. The highest BCUT2D eigenvalue weighted by Gasteiger charge is 2.50. The van der Waals surface area contributed by atoms with Gasteiger partial charge in [-0.15, -0.1) is 0 Å². The van der Waals surface area contributed by atoms with Crippen molar-refractivity contribution in [2.24, 2.45) is 29.6 Å². The molecule has 4 fully saturated rings. The highest BCUT2D eigenvalue weighted by molar-refractivity contribution is 9.09. The average molecular weight is 300 g/mol. The van der Waals surface area contributed by atoms with Crippen molar-refractivity contribution in [2.75, 3.05) is 11.9 Å². The van der Waals surface area contributed by atoms with Gasteiger partial charge in [0.05, 0.1) is 0 Å². The molecule has 0 saturated heterocycles. The molecule has 17 heavy (non-hydrogen) atoms. The molecule has 2 nitrogen and oxygen atoms in total. The predicted octanol–water partition coefficient (Wildman–Crippen LogP) is 2.96. The fraction of sp³-hybridized carbons (Fsp3) is 0.929. The summed E-state index contributed by atoms with van der Waals surface area (Å²) in [4.78, 5) is 12.3. The number of carbonyl (C=O) groups is 1. The summed E-state index contributed by atoms with van der Waals surface area (Å²) < 4.78 is 0. The minimum absolute atomic E-state index is 0.359. The molecule has 0 aliphatic heterocycles. The first-order valence-electron chi connectivity index (χ1n) is 7.11. The van der Waals surface area contributed by atoms with Gasteiger partial charge < -0.3 is 5.32 Å². The average Bonchev–Trinajstić information content (AvgIpc) is 2.27. The summed E-state index contributed by atoms with van der Waals surface area (Å²) in [6, 6.07) is 0. The number of hydrogen-bond donors (Lipinski definition) is 1. The van der Waals surface area contributed by atoms with Gasteiger partial charge in [0, 0.05) is 17.8 Å². The zero-order valence-corrected chi connectivity index (χ0v) is 11.9. The lowest BCUT2D eigenvalue weighted by molar-refractivity contribution is -0.138. The molecule has 4 aliphatic carbocycles. The van der Waals surface area contributed by atoms with E-state index in [-0.39, 0.29) is 0 Å². The monoisotopic (exact) mass is 299 g/mol. The first-order valence-corrected chi connectivity index (χ1v) is 8.23. The summed E-state index contributed by atoms with van der Waals surface area (Å²) in [5, 5.41) is 4.12. The second-order valence-electron chi connectivity index (χ2n) is 6.29. The van der Waals surface area contributed by atoms with Crippen LogP contribution in [0.3, 0.4) is 0 Å². The number of rotatable bonds is 4. The molecule has 3 heteroatoms. The van der Waals surface area contributed by atoms with Crippen molar-refractivity contribution in [1.82, 2.24) is 5.32 Å². The van der Waals surface area contributed by atoms with Crippen LogP contribution in [0.4, 0.5) is 0 Å². The molecule has 0 spiro atoms. The number of halogens is 1. The molecule has 4 saturated carbocycles. The Hall–Kier alpha value is -0.0500. The summed E-state index contributed by atoms with van der Waals surface area (Å²) in [5.74, 6) is 4.08. The predicted molar refractivity (Wildman–Crippen MR) is 72.0 cm³/mol. The van der Waals surface area contributed by atoms with Gasteiger partial charge in [-0.2, -0.15) is 0 Å². The van der Waals surface area contributed by atoms with Crippen molar-refractivity contribution < 1.29 is 4.79 Å². The highest BCUT2D eigenvalue weighted by atomic mass is 79.9. The number of amides is 1. The maximum Gasteiger partial charge on any atom is 0.223 e. The van der Waals surface area contributed by atoms with Gasteiger partial charge in [-0.25, -0.2) is 0 Å². The van der Waals surface area contributed by atoms with Crippen LogP contribution in [0.5, 0.6) is 0 Å². The summed E-state index contributed by atoms with van der Waals surface area (Å²) in [6.07, 6.45) is 7.85. The first kappa shape index (κ1) is 12.0. The van der Waals surface area contributed by atoms with E-state index >= 15 is 0 Å². The number of hydrogen-bond acceptors (Lipinski definition) is 1. The molecular weight excluding hydrogens is 278 g/mol. The second-order valence-corrected chi connectivity index (χ2v) is 7.08. The van der Waals surface area contributed by atoms with Crippen LogP contribution in [0.1, 0.15) is 38.5 Å². The highest BCUT2D eigenvalue weighted by Crippen LogP contribution is 2.56. The van der Waals surface area contributed by atoms with Gasteiger partial charge in [-0.3, -0.25) is 4.79 Å². The normalized spacial score (nSPS) is 42.8. The Morgan fingerprint density at radius 1 is 1.06 bits per heavy atom. The van der Waals surface area contributed by atoms with Crippen LogP contribution in [-0.2, 0) is 4.79 Å². The third kappa shape index (κ3) is 2.27. The molecule has 0 aromatic heterocycles. The number of nitrogens with one attached hydrogen (secondary N) is 1. The van der Waals surface area contributed by atoms with Crippen LogP contribution < -0.4 is 5.32 Å². The minimum atomic E-state index is 0.359. The fourth-order valence-corrected chi connectivity index (χ4v) is 5.03. The van der Waals surface area contributed by atoms with Gasteiger partial charge in [0.2, 0.25) is 5.91 Å². The molecule has 0 aromatic rings. The third-order valence-electron chi connectivity index (χ3n) is 5.14. The fourth-order valence-electron chi connectivity index (χ4n) is 4.75. The first-order chi connectivity index (χ1) is 8.28. The minimum Gasteiger partial charge on any atom is -0.356 e. The zero-order chi connectivity index (χ0) is 11.8. The van der Waals surface area contributed by atoms with E-state index in [4.69, 9.17) is 0 Å². The second kappa shape index (κ2) is 4.91.